The molecule has 0 atom stereocenters. The van der Waals surface area contributed by atoms with Gasteiger partial charge in [-0.1, -0.05) is 57.5 Å². The Morgan fingerprint density at radius 1 is 1.03 bits per heavy atom. The van der Waals surface area contributed by atoms with Gasteiger partial charge in [-0.3, -0.25) is 4.79 Å². The van der Waals surface area contributed by atoms with Gasteiger partial charge in [0.05, 0.1) is 10.6 Å². The lowest BCUT2D eigenvalue weighted by Crippen LogP contribution is -2.19. The molecule has 31 heavy (non-hydrogen) atoms. The molecule has 0 aromatic heterocycles. The van der Waals surface area contributed by atoms with Crippen molar-refractivity contribution in [2.24, 2.45) is 4.99 Å². The smallest absolute Gasteiger partial charge is 0.264 e. The topological polar surface area (TPSA) is 61.7 Å². The van der Waals surface area contributed by atoms with Gasteiger partial charge in [-0.15, -0.1) is 0 Å². The Morgan fingerprint density at radius 3 is 2.13 bits per heavy atom. The molecular formula is C25H29BrN2O2S. The number of aromatic hydroxyl groups is 1. The number of halogens is 1. The first-order chi connectivity index (χ1) is 14.3. The van der Waals surface area contributed by atoms with Crippen LogP contribution in [0.5, 0.6) is 5.75 Å². The highest BCUT2D eigenvalue weighted by molar-refractivity contribution is 9.10. The molecule has 0 spiro atoms. The Morgan fingerprint density at radius 2 is 1.61 bits per heavy atom. The Hall–Kier alpha value is -2.05. The van der Waals surface area contributed by atoms with Gasteiger partial charge in [0.25, 0.3) is 5.91 Å². The SMILES string of the molecule is Cc1cc(Br)ccc1N=C1NC(=O)/C(=C/c2cc(C(C)(C)C)c(O)c(C(C)(C)C)c2)S1. The maximum Gasteiger partial charge on any atom is 0.264 e. The summed E-state index contributed by atoms with van der Waals surface area (Å²) in [5, 5.41) is 14.3. The van der Waals surface area contributed by atoms with Crippen LogP contribution in [0.25, 0.3) is 6.08 Å². The van der Waals surface area contributed by atoms with E-state index in [0.717, 1.165) is 32.4 Å². The molecule has 6 heteroatoms. The van der Waals surface area contributed by atoms with Crippen LogP contribution >= 0.6 is 27.7 Å². The van der Waals surface area contributed by atoms with Crippen LogP contribution in [0.15, 0.2) is 44.7 Å². The van der Waals surface area contributed by atoms with E-state index in [9.17, 15) is 9.90 Å². The van der Waals surface area contributed by atoms with Crippen molar-refractivity contribution in [2.75, 3.05) is 0 Å². The van der Waals surface area contributed by atoms with Crippen LogP contribution in [-0.2, 0) is 15.6 Å². The number of nitrogens with one attached hydrogen (secondary N) is 1. The summed E-state index contributed by atoms with van der Waals surface area (Å²) in [7, 11) is 0. The number of amidine groups is 1. The minimum Gasteiger partial charge on any atom is -0.507 e. The zero-order chi connectivity index (χ0) is 23.1. The second-order valence-corrected chi connectivity index (χ2v) is 11.8. The molecule has 0 unspecified atom stereocenters. The van der Waals surface area contributed by atoms with Crippen LogP contribution in [-0.4, -0.2) is 16.2 Å². The van der Waals surface area contributed by atoms with Crippen LogP contribution in [0, 0.1) is 6.92 Å². The average Bonchev–Trinajstić information content (AvgIpc) is 2.96. The van der Waals surface area contributed by atoms with Crippen molar-refractivity contribution in [1.29, 1.82) is 0 Å². The summed E-state index contributed by atoms with van der Waals surface area (Å²) < 4.78 is 0.995. The van der Waals surface area contributed by atoms with E-state index in [4.69, 9.17) is 0 Å². The highest BCUT2D eigenvalue weighted by atomic mass is 79.9. The van der Waals surface area contributed by atoms with E-state index < -0.39 is 0 Å². The number of phenolic OH excluding ortho intramolecular Hbond substituents is 1. The van der Waals surface area contributed by atoms with Crippen LogP contribution < -0.4 is 5.32 Å². The van der Waals surface area contributed by atoms with Gasteiger partial charge in [-0.2, -0.15) is 0 Å². The zero-order valence-electron chi connectivity index (χ0n) is 19.1. The number of benzene rings is 2. The molecule has 1 saturated heterocycles. The molecule has 0 bridgehead atoms. The summed E-state index contributed by atoms with van der Waals surface area (Å²) in [6, 6.07) is 9.80. The van der Waals surface area contributed by atoms with Crippen molar-refractivity contribution in [3.05, 3.63) is 62.0 Å². The Kier molecular flexibility index (Phi) is 6.45. The van der Waals surface area contributed by atoms with Gasteiger partial charge in [0, 0.05) is 15.6 Å². The molecule has 4 nitrogen and oxygen atoms in total. The molecule has 2 aromatic carbocycles. The van der Waals surface area contributed by atoms with Gasteiger partial charge in [-0.05, 0) is 77.1 Å². The number of aliphatic imine (C=N–C) groups is 1. The lowest BCUT2D eigenvalue weighted by atomic mass is 9.78. The molecule has 1 amide bonds. The minimum atomic E-state index is -0.227. The average molecular weight is 501 g/mol. The van der Waals surface area contributed by atoms with Gasteiger partial charge in [-0.25, -0.2) is 4.99 Å². The summed E-state index contributed by atoms with van der Waals surface area (Å²) in [6.07, 6.45) is 1.88. The number of carbonyl (C=O) groups is 1. The van der Waals surface area contributed by atoms with Gasteiger partial charge >= 0.3 is 0 Å². The molecule has 1 heterocycles. The maximum atomic E-state index is 12.6. The van der Waals surface area contributed by atoms with Crippen LogP contribution in [0.2, 0.25) is 0 Å². The molecular weight excluding hydrogens is 472 g/mol. The van der Waals surface area contributed by atoms with Crippen LogP contribution in [0.4, 0.5) is 5.69 Å². The number of carbonyl (C=O) groups excluding carboxylic acids is 1. The van der Waals surface area contributed by atoms with Crippen molar-refractivity contribution >= 4 is 50.5 Å². The normalized spacial score (nSPS) is 17.5. The third-order valence-corrected chi connectivity index (χ3v) is 6.48. The second-order valence-electron chi connectivity index (χ2n) is 9.88. The van der Waals surface area contributed by atoms with Crippen LogP contribution in [0.3, 0.4) is 0 Å². The van der Waals surface area contributed by atoms with Crippen molar-refractivity contribution in [3.8, 4) is 5.75 Å². The summed E-state index contributed by atoms with van der Waals surface area (Å²) in [6.45, 7) is 14.4. The number of thioether (sulfide) groups is 1. The standard InChI is InChI=1S/C25H29BrN2O2S/c1-14-10-16(26)8-9-19(14)27-23-28-22(30)20(31-23)13-15-11-17(24(2,3)4)21(29)18(12-15)25(5,6)7/h8-13,29H,1-7H3,(H,27,28,30)/b20-13-. The van der Waals surface area contributed by atoms with Crippen molar-refractivity contribution in [1.82, 2.24) is 5.32 Å². The summed E-state index contributed by atoms with van der Waals surface area (Å²) in [5.41, 5.74) is 4.03. The summed E-state index contributed by atoms with van der Waals surface area (Å²) in [4.78, 5) is 17.8. The number of nitrogens with zero attached hydrogens (tertiary/aromatic N) is 1. The van der Waals surface area contributed by atoms with E-state index in [1.807, 2.05) is 43.3 Å². The lowest BCUT2D eigenvalue weighted by Gasteiger charge is -2.28. The number of hydrogen-bond acceptors (Lipinski definition) is 4. The summed E-state index contributed by atoms with van der Waals surface area (Å²) >= 11 is 4.79. The molecule has 1 aliphatic rings. The fraction of sp³-hybridized carbons (Fsp3) is 0.360. The number of aryl methyl sites for hydroxylation is 1. The molecule has 0 radical (unpaired) electrons. The van der Waals surface area contributed by atoms with Gasteiger partial charge in [0.1, 0.15) is 5.75 Å². The molecule has 1 aliphatic heterocycles. The minimum absolute atomic E-state index is 0.166. The molecule has 2 aromatic rings. The summed E-state index contributed by atoms with van der Waals surface area (Å²) in [5.74, 6) is 0.167. The second kappa shape index (κ2) is 8.47. The van der Waals surface area contributed by atoms with E-state index in [0.29, 0.717) is 15.8 Å². The maximum absolute atomic E-state index is 12.6. The molecule has 2 N–H and O–H groups in total. The van der Waals surface area contributed by atoms with Crippen molar-refractivity contribution < 1.29 is 9.90 Å². The van der Waals surface area contributed by atoms with E-state index in [-0.39, 0.29) is 16.7 Å². The molecule has 0 saturated carbocycles. The van der Waals surface area contributed by atoms with E-state index in [1.54, 1.807) is 0 Å². The predicted molar refractivity (Wildman–Crippen MR) is 135 cm³/mol. The fourth-order valence-electron chi connectivity index (χ4n) is 3.37. The Labute approximate surface area is 197 Å². The third kappa shape index (κ3) is 5.42. The van der Waals surface area contributed by atoms with Gasteiger partial charge in [0.15, 0.2) is 5.17 Å². The molecule has 164 valence electrons. The Bertz CT molecular complexity index is 1070. The lowest BCUT2D eigenvalue weighted by molar-refractivity contribution is -0.115. The van der Waals surface area contributed by atoms with Crippen LogP contribution in [0.1, 0.15) is 63.8 Å². The fourth-order valence-corrected chi connectivity index (χ4v) is 4.68. The largest absolute Gasteiger partial charge is 0.507 e. The van der Waals surface area contributed by atoms with Gasteiger partial charge < -0.3 is 10.4 Å². The number of amides is 1. The van der Waals surface area contributed by atoms with E-state index in [1.165, 1.54) is 11.8 Å². The predicted octanol–water partition coefficient (Wildman–Crippen LogP) is 6.95. The van der Waals surface area contributed by atoms with Crippen molar-refractivity contribution in [2.45, 2.75) is 59.3 Å². The highest BCUT2D eigenvalue weighted by Crippen LogP contribution is 2.41. The number of rotatable bonds is 2. The Balaban J connectivity index is 2.01. The zero-order valence-corrected chi connectivity index (χ0v) is 21.5. The molecule has 1 fully saturated rings. The number of hydrogen-bond donors (Lipinski definition) is 2. The highest BCUT2D eigenvalue weighted by Gasteiger charge is 2.28. The van der Waals surface area contributed by atoms with E-state index >= 15 is 0 Å². The quantitative estimate of drug-likeness (QED) is 0.438. The van der Waals surface area contributed by atoms with Crippen molar-refractivity contribution in [3.63, 3.8) is 0 Å². The molecule has 3 rings (SSSR count). The first-order valence-corrected chi connectivity index (χ1v) is 11.8. The first-order valence-electron chi connectivity index (χ1n) is 10.2. The molecule has 0 aliphatic carbocycles. The monoisotopic (exact) mass is 500 g/mol. The van der Waals surface area contributed by atoms with Gasteiger partial charge in [0.2, 0.25) is 0 Å². The van der Waals surface area contributed by atoms with E-state index in [2.05, 4.69) is 67.8 Å². The third-order valence-electron chi connectivity index (χ3n) is 5.08. The first kappa shape index (κ1) is 23.6. The number of phenols is 1.